The zero-order chi connectivity index (χ0) is 21.1. The molecule has 0 saturated carbocycles. The number of para-hydroxylation sites is 2. The Morgan fingerprint density at radius 2 is 1.90 bits per heavy atom. The summed E-state index contributed by atoms with van der Waals surface area (Å²) in [5.74, 6) is 0.698. The molecule has 0 aliphatic rings. The summed E-state index contributed by atoms with van der Waals surface area (Å²) < 4.78 is 11.0. The summed E-state index contributed by atoms with van der Waals surface area (Å²) in [5.41, 5.74) is 2.33. The molecule has 0 radical (unpaired) electrons. The number of anilines is 3. The summed E-state index contributed by atoms with van der Waals surface area (Å²) >= 11 is 1.28. The molecule has 8 heteroatoms. The van der Waals surface area contributed by atoms with E-state index in [4.69, 9.17) is 9.15 Å². The molecule has 0 bridgehead atoms. The van der Waals surface area contributed by atoms with E-state index in [0.717, 1.165) is 29.9 Å². The van der Waals surface area contributed by atoms with Crippen molar-refractivity contribution in [3.63, 3.8) is 0 Å². The first kappa shape index (κ1) is 19.9. The van der Waals surface area contributed by atoms with Crippen LogP contribution in [-0.4, -0.2) is 30.4 Å². The van der Waals surface area contributed by atoms with Crippen LogP contribution >= 0.6 is 11.3 Å². The van der Waals surface area contributed by atoms with E-state index in [1.54, 1.807) is 13.2 Å². The highest BCUT2D eigenvalue weighted by atomic mass is 32.1. The third-order valence-electron chi connectivity index (χ3n) is 4.85. The number of nitrogens with zero attached hydrogens (tertiary/aromatic N) is 3. The molecular weight excluding hydrogens is 400 g/mol. The van der Waals surface area contributed by atoms with Crippen LogP contribution in [0.2, 0.25) is 0 Å². The lowest BCUT2D eigenvalue weighted by atomic mass is 10.1. The molecule has 0 unspecified atom stereocenters. The molecule has 0 aliphatic carbocycles. The van der Waals surface area contributed by atoms with E-state index in [0.29, 0.717) is 27.0 Å². The average molecular weight is 423 g/mol. The van der Waals surface area contributed by atoms with Crippen molar-refractivity contribution in [1.29, 1.82) is 0 Å². The Morgan fingerprint density at radius 1 is 1.10 bits per heavy atom. The second kappa shape index (κ2) is 8.54. The molecular formula is C22H22N4O3S. The molecule has 0 spiro atoms. The third-order valence-corrected chi connectivity index (χ3v) is 5.72. The minimum Gasteiger partial charge on any atom is -0.495 e. The van der Waals surface area contributed by atoms with Gasteiger partial charge in [0.2, 0.25) is 5.13 Å². The predicted octanol–water partition coefficient (Wildman–Crippen LogP) is 4.91. The Bertz CT molecular complexity index is 1230. The van der Waals surface area contributed by atoms with E-state index in [1.807, 2.05) is 42.5 Å². The van der Waals surface area contributed by atoms with Crippen LogP contribution in [0.4, 0.5) is 16.5 Å². The van der Waals surface area contributed by atoms with Crippen LogP contribution < -0.4 is 20.6 Å². The quantitative estimate of drug-likeness (QED) is 0.424. The number of nitrogens with one attached hydrogen (secondary N) is 1. The van der Waals surface area contributed by atoms with Crippen molar-refractivity contribution in [2.24, 2.45) is 0 Å². The fourth-order valence-corrected chi connectivity index (χ4v) is 4.04. The fourth-order valence-electron chi connectivity index (χ4n) is 3.28. The highest BCUT2D eigenvalue weighted by Gasteiger charge is 2.15. The van der Waals surface area contributed by atoms with Gasteiger partial charge >= 0.3 is 5.63 Å². The number of rotatable bonds is 7. The highest BCUT2D eigenvalue weighted by molar-refractivity contribution is 7.18. The predicted molar refractivity (Wildman–Crippen MR) is 121 cm³/mol. The monoisotopic (exact) mass is 422 g/mol. The van der Waals surface area contributed by atoms with Gasteiger partial charge in [-0.25, -0.2) is 4.79 Å². The Morgan fingerprint density at radius 3 is 2.67 bits per heavy atom. The zero-order valence-corrected chi connectivity index (χ0v) is 17.8. The Hall–Kier alpha value is -3.39. The average Bonchev–Trinajstić information content (AvgIpc) is 3.22. The normalized spacial score (nSPS) is 10.9. The molecule has 0 fully saturated rings. The van der Waals surface area contributed by atoms with Crippen molar-refractivity contribution in [2.45, 2.75) is 13.8 Å². The molecule has 0 aliphatic heterocycles. The molecule has 0 atom stereocenters. The Balaban J connectivity index is 1.66. The number of hydrogen-bond donors (Lipinski definition) is 1. The van der Waals surface area contributed by atoms with Crippen molar-refractivity contribution in [3.8, 4) is 16.3 Å². The van der Waals surface area contributed by atoms with E-state index in [-0.39, 0.29) is 0 Å². The Labute approximate surface area is 177 Å². The Kier molecular flexibility index (Phi) is 5.67. The van der Waals surface area contributed by atoms with E-state index >= 15 is 0 Å². The first-order valence-electron chi connectivity index (χ1n) is 9.69. The summed E-state index contributed by atoms with van der Waals surface area (Å²) in [5, 5.41) is 13.4. The second-order valence-corrected chi connectivity index (χ2v) is 7.56. The molecule has 4 aromatic rings. The SMILES string of the molecule is CCN(CC)c1ccc2cc(-c3nnc(Nc4ccccc4OC)s3)c(=O)oc2c1. The molecule has 2 aromatic heterocycles. The van der Waals surface area contributed by atoms with Gasteiger partial charge in [-0.1, -0.05) is 23.5 Å². The van der Waals surface area contributed by atoms with E-state index < -0.39 is 5.63 Å². The largest absolute Gasteiger partial charge is 0.495 e. The van der Waals surface area contributed by atoms with E-state index in [9.17, 15) is 4.79 Å². The van der Waals surface area contributed by atoms with Gasteiger partial charge in [0.25, 0.3) is 0 Å². The first-order chi connectivity index (χ1) is 14.6. The summed E-state index contributed by atoms with van der Waals surface area (Å²) in [6.45, 7) is 5.96. The third kappa shape index (κ3) is 3.86. The van der Waals surface area contributed by atoms with Gasteiger partial charge in [0.05, 0.1) is 18.4 Å². The molecule has 4 rings (SSSR count). The lowest BCUT2D eigenvalue weighted by Crippen LogP contribution is -2.21. The number of benzene rings is 2. The van der Waals surface area contributed by atoms with Crippen molar-refractivity contribution in [1.82, 2.24) is 10.2 Å². The second-order valence-electron chi connectivity index (χ2n) is 6.58. The molecule has 7 nitrogen and oxygen atoms in total. The minimum atomic E-state index is -0.431. The standard InChI is InChI=1S/C22H22N4O3S/c1-4-26(5-2)15-11-10-14-12-16(21(27)29-19(14)13-15)20-24-25-22(30-20)23-17-8-6-7-9-18(17)28-3/h6-13H,4-5H2,1-3H3,(H,23,25). The molecule has 30 heavy (non-hydrogen) atoms. The summed E-state index contributed by atoms with van der Waals surface area (Å²) in [7, 11) is 1.61. The van der Waals surface area contributed by atoms with Gasteiger partial charge in [-0.3, -0.25) is 0 Å². The number of aromatic nitrogens is 2. The van der Waals surface area contributed by atoms with Crippen LogP contribution in [0.15, 0.2) is 57.7 Å². The highest BCUT2D eigenvalue weighted by Crippen LogP contribution is 2.32. The van der Waals surface area contributed by atoms with Gasteiger partial charge in [-0.2, -0.15) is 0 Å². The van der Waals surface area contributed by atoms with Gasteiger partial charge < -0.3 is 19.4 Å². The van der Waals surface area contributed by atoms with Gasteiger partial charge in [0.15, 0.2) is 5.01 Å². The lowest BCUT2D eigenvalue weighted by molar-refractivity contribution is 0.417. The summed E-state index contributed by atoms with van der Waals surface area (Å²) in [6, 6.07) is 15.2. The zero-order valence-electron chi connectivity index (χ0n) is 17.0. The van der Waals surface area contributed by atoms with Crippen molar-refractivity contribution in [2.75, 3.05) is 30.4 Å². The van der Waals surface area contributed by atoms with E-state index in [1.165, 1.54) is 11.3 Å². The molecule has 2 aromatic carbocycles. The van der Waals surface area contributed by atoms with Crippen LogP contribution in [-0.2, 0) is 0 Å². The van der Waals surface area contributed by atoms with Crippen LogP contribution in [0, 0.1) is 0 Å². The molecule has 154 valence electrons. The molecule has 2 heterocycles. The maximum atomic E-state index is 12.6. The number of fused-ring (bicyclic) bond motifs is 1. The van der Waals surface area contributed by atoms with Crippen molar-refractivity contribution < 1.29 is 9.15 Å². The van der Waals surface area contributed by atoms with Crippen molar-refractivity contribution >= 4 is 38.8 Å². The van der Waals surface area contributed by atoms with Crippen LogP contribution in [0.3, 0.4) is 0 Å². The maximum absolute atomic E-state index is 12.6. The minimum absolute atomic E-state index is 0.392. The van der Waals surface area contributed by atoms with Crippen LogP contribution in [0.25, 0.3) is 21.5 Å². The van der Waals surface area contributed by atoms with Crippen LogP contribution in [0.5, 0.6) is 5.75 Å². The van der Waals surface area contributed by atoms with Crippen molar-refractivity contribution in [3.05, 3.63) is 59.0 Å². The summed E-state index contributed by atoms with van der Waals surface area (Å²) in [4.78, 5) is 14.8. The molecule has 1 N–H and O–H groups in total. The number of ether oxygens (including phenoxy) is 1. The fraction of sp³-hybridized carbons (Fsp3) is 0.227. The van der Waals surface area contributed by atoms with Gasteiger partial charge in [-0.05, 0) is 44.2 Å². The number of hydrogen-bond acceptors (Lipinski definition) is 8. The maximum Gasteiger partial charge on any atom is 0.346 e. The van der Waals surface area contributed by atoms with E-state index in [2.05, 4.69) is 34.3 Å². The molecule has 0 saturated heterocycles. The smallest absolute Gasteiger partial charge is 0.346 e. The summed E-state index contributed by atoms with van der Waals surface area (Å²) in [6.07, 6.45) is 0. The van der Waals surface area contributed by atoms with Gasteiger partial charge in [0, 0.05) is 30.2 Å². The lowest BCUT2D eigenvalue weighted by Gasteiger charge is -2.20. The number of methoxy groups -OCH3 is 1. The first-order valence-corrected chi connectivity index (χ1v) is 10.5. The topological polar surface area (TPSA) is 80.5 Å². The van der Waals surface area contributed by atoms with Gasteiger partial charge in [-0.15, -0.1) is 10.2 Å². The molecule has 0 amide bonds. The van der Waals surface area contributed by atoms with Crippen LogP contribution in [0.1, 0.15) is 13.8 Å². The van der Waals surface area contributed by atoms with Gasteiger partial charge in [0.1, 0.15) is 11.3 Å².